The van der Waals surface area contributed by atoms with Crippen molar-refractivity contribution in [3.8, 4) is 11.4 Å². The summed E-state index contributed by atoms with van der Waals surface area (Å²) in [5.74, 6) is 0.598. The topological polar surface area (TPSA) is 81.9 Å². The molecule has 7 nitrogen and oxygen atoms in total. The normalized spacial score (nSPS) is 10.4. The van der Waals surface area contributed by atoms with Gasteiger partial charge in [0.05, 0.1) is 12.2 Å². The highest BCUT2D eigenvalue weighted by Crippen LogP contribution is 2.17. The lowest BCUT2D eigenvalue weighted by Crippen LogP contribution is -2.28. The van der Waals surface area contributed by atoms with Gasteiger partial charge in [-0.3, -0.25) is 4.79 Å². The maximum atomic E-state index is 12.1. The molecule has 1 amide bonds. The molecule has 0 fully saturated rings. The van der Waals surface area contributed by atoms with E-state index in [2.05, 4.69) is 36.8 Å². The average molecular weight is 388 g/mol. The molecule has 0 saturated heterocycles. The molecule has 8 heteroatoms. The summed E-state index contributed by atoms with van der Waals surface area (Å²) in [4.78, 5) is 12.1. The fraction of sp³-hybridized carbons (Fsp3) is 0.125. The first-order chi connectivity index (χ1) is 11.7. The lowest BCUT2D eigenvalue weighted by Gasteiger charge is -2.08. The van der Waals surface area contributed by atoms with Crippen molar-refractivity contribution in [2.24, 2.45) is 0 Å². The lowest BCUT2D eigenvalue weighted by molar-refractivity contribution is 0.0947. The van der Waals surface area contributed by atoms with E-state index in [0.717, 1.165) is 15.9 Å². The molecule has 0 bridgehead atoms. The Morgan fingerprint density at radius 3 is 2.75 bits per heavy atom. The molecular formula is C16H14BrN5O2. The number of carbonyl (C=O) groups is 1. The Morgan fingerprint density at radius 1 is 1.21 bits per heavy atom. The molecule has 0 aliphatic heterocycles. The van der Waals surface area contributed by atoms with E-state index in [1.54, 1.807) is 24.3 Å². The van der Waals surface area contributed by atoms with Crippen molar-refractivity contribution < 1.29 is 9.53 Å². The summed E-state index contributed by atoms with van der Waals surface area (Å²) < 4.78 is 8.04. The van der Waals surface area contributed by atoms with Crippen LogP contribution in [0.25, 0.3) is 5.69 Å². The molecule has 0 unspecified atom stereocenters. The molecule has 0 aliphatic rings. The summed E-state index contributed by atoms with van der Waals surface area (Å²) in [5.41, 5.74) is 1.35. The third kappa shape index (κ3) is 4.17. The van der Waals surface area contributed by atoms with E-state index < -0.39 is 0 Å². The van der Waals surface area contributed by atoms with Crippen molar-refractivity contribution >= 4 is 21.8 Å². The number of halogens is 1. The summed E-state index contributed by atoms with van der Waals surface area (Å²) in [6, 6.07) is 14.6. The second-order valence-electron chi connectivity index (χ2n) is 4.86. The number of nitrogens with one attached hydrogen (secondary N) is 1. The first kappa shape index (κ1) is 16.1. The molecule has 1 heterocycles. The third-order valence-corrected chi connectivity index (χ3v) is 3.69. The van der Waals surface area contributed by atoms with Crippen LogP contribution in [0.5, 0.6) is 5.75 Å². The van der Waals surface area contributed by atoms with Crippen molar-refractivity contribution in [2.45, 2.75) is 0 Å². The molecule has 2 aromatic carbocycles. The van der Waals surface area contributed by atoms with Gasteiger partial charge in [0.15, 0.2) is 0 Å². The SMILES string of the molecule is O=C(NCCOc1cccc(Br)c1)c1ccc(-n2cnnn2)cc1. The van der Waals surface area contributed by atoms with Gasteiger partial charge in [-0.1, -0.05) is 22.0 Å². The van der Waals surface area contributed by atoms with Gasteiger partial charge in [-0.25, -0.2) is 4.68 Å². The zero-order chi connectivity index (χ0) is 16.8. The van der Waals surface area contributed by atoms with E-state index in [-0.39, 0.29) is 5.91 Å². The van der Waals surface area contributed by atoms with Crippen LogP contribution in [-0.2, 0) is 0 Å². The number of amides is 1. The van der Waals surface area contributed by atoms with Crippen molar-refractivity contribution in [2.75, 3.05) is 13.2 Å². The fourth-order valence-electron chi connectivity index (χ4n) is 2.04. The number of nitrogens with zero attached hydrogens (tertiary/aromatic N) is 4. The van der Waals surface area contributed by atoms with Crippen LogP contribution in [0, 0.1) is 0 Å². The number of rotatable bonds is 6. The van der Waals surface area contributed by atoms with Crippen LogP contribution >= 0.6 is 15.9 Å². The van der Waals surface area contributed by atoms with Gasteiger partial charge in [-0.15, -0.1) is 5.10 Å². The maximum Gasteiger partial charge on any atom is 0.251 e. The number of aromatic nitrogens is 4. The summed E-state index contributed by atoms with van der Waals surface area (Å²) in [5, 5.41) is 13.8. The summed E-state index contributed by atoms with van der Waals surface area (Å²) in [7, 11) is 0. The molecule has 3 aromatic rings. The molecule has 1 N–H and O–H groups in total. The van der Waals surface area contributed by atoms with Gasteiger partial charge in [0, 0.05) is 10.0 Å². The van der Waals surface area contributed by atoms with E-state index in [1.165, 1.54) is 11.0 Å². The van der Waals surface area contributed by atoms with Gasteiger partial charge >= 0.3 is 0 Å². The lowest BCUT2D eigenvalue weighted by atomic mass is 10.2. The highest BCUT2D eigenvalue weighted by molar-refractivity contribution is 9.10. The van der Waals surface area contributed by atoms with Crippen molar-refractivity contribution in [3.05, 3.63) is 64.9 Å². The smallest absolute Gasteiger partial charge is 0.251 e. The zero-order valence-corrected chi connectivity index (χ0v) is 14.2. The van der Waals surface area contributed by atoms with Crippen LogP contribution in [0.15, 0.2) is 59.3 Å². The second-order valence-corrected chi connectivity index (χ2v) is 5.78. The van der Waals surface area contributed by atoms with Gasteiger partial charge < -0.3 is 10.1 Å². The maximum absolute atomic E-state index is 12.1. The van der Waals surface area contributed by atoms with E-state index in [4.69, 9.17) is 4.74 Å². The molecule has 24 heavy (non-hydrogen) atoms. The molecule has 0 atom stereocenters. The number of ether oxygens (including phenoxy) is 1. The van der Waals surface area contributed by atoms with Crippen LogP contribution in [-0.4, -0.2) is 39.3 Å². The van der Waals surface area contributed by atoms with Crippen molar-refractivity contribution in [3.63, 3.8) is 0 Å². The highest BCUT2D eigenvalue weighted by Gasteiger charge is 2.06. The number of carbonyl (C=O) groups excluding carboxylic acids is 1. The molecule has 0 aliphatic carbocycles. The predicted octanol–water partition coefficient (Wildman–Crippen LogP) is 2.23. The monoisotopic (exact) mass is 387 g/mol. The first-order valence-electron chi connectivity index (χ1n) is 7.22. The Morgan fingerprint density at radius 2 is 2.04 bits per heavy atom. The Bertz CT molecular complexity index is 806. The Labute approximate surface area is 146 Å². The van der Waals surface area contributed by atoms with Crippen LogP contribution in [0.3, 0.4) is 0 Å². The Hall–Kier alpha value is -2.74. The summed E-state index contributed by atoms with van der Waals surface area (Å²) in [6.45, 7) is 0.811. The molecule has 0 spiro atoms. The first-order valence-corrected chi connectivity index (χ1v) is 8.02. The van der Waals surface area contributed by atoms with Gasteiger partial charge in [0.25, 0.3) is 5.91 Å². The van der Waals surface area contributed by atoms with Crippen molar-refractivity contribution in [1.29, 1.82) is 0 Å². The minimum atomic E-state index is -0.156. The number of tetrazole rings is 1. The number of hydrogen-bond acceptors (Lipinski definition) is 5. The zero-order valence-electron chi connectivity index (χ0n) is 12.6. The van der Waals surface area contributed by atoms with E-state index >= 15 is 0 Å². The molecule has 3 rings (SSSR count). The van der Waals surface area contributed by atoms with Gasteiger partial charge in [-0.2, -0.15) is 0 Å². The molecular weight excluding hydrogens is 374 g/mol. The van der Waals surface area contributed by atoms with E-state index in [9.17, 15) is 4.79 Å². The van der Waals surface area contributed by atoms with Gasteiger partial charge in [0.2, 0.25) is 0 Å². The van der Waals surface area contributed by atoms with Crippen LogP contribution < -0.4 is 10.1 Å². The number of hydrogen-bond donors (Lipinski definition) is 1. The Kier molecular flexibility index (Phi) is 5.17. The predicted molar refractivity (Wildman–Crippen MR) is 91.1 cm³/mol. The average Bonchev–Trinajstić information content (AvgIpc) is 3.13. The van der Waals surface area contributed by atoms with Crippen LogP contribution in [0.1, 0.15) is 10.4 Å². The van der Waals surface area contributed by atoms with E-state index in [1.807, 2.05) is 24.3 Å². The molecule has 0 radical (unpaired) electrons. The fourth-order valence-corrected chi connectivity index (χ4v) is 2.42. The second kappa shape index (κ2) is 7.69. The summed E-state index contributed by atoms with van der Waals surface area (Å²) >= 11 is 3.38. The molecule has 0 saturated carbocycles. The molecule has 122 valence electrons. The standard InChI is InChI=1S/C16H14BrN5O2/c17-13-2-1-3-15(10-13)24-9-8-18-16(23)12-4-6-14(7-5-12)22-11-19-20-21-22/h1-7,10-11H,8-9H2,(H,18,23). The van der Waals surface area contributed by atoms with Gasteiger partial charge in [-0.05, 0) is 52.9 Å². The largest absolute Gasteiger partial charge is 0.492 e. The minimum absolute atomic E-state index is 0.156. The highest BCUT2D eigenvalue weighted by atomic mass is 79.9. The van der Waals surface area contributed by atoms with Gasteiger partial charge in [0.1, 0.15) is 18.7 Å². The summed E-state index contributed by atoms with van der Waals surface area (Å²) in [6.07, 6.45) is 1.49. The quantitative estimate of drug-likeness (QED) is 0.655. The third-order valence-electron chi connectivity index (χ3n) is 3.20. The Balaban J connectivity index is 1.48. The van der Waals surface area contributed by atoms with Crippen molar-refractivity contribution in [1.82, 2.24) is 25.5 Å². The van der Waals surface area contributed by atoms with Crippen LogP contribution in [0.2, 0.25) is 0 Å². The minimum Gasteiger partial charge on any atom is -0.492 e. The molecule has 1 aromatic heterocycles. The number of benzene rings is 2. The van der Waals surface area contributed by atoms with E-state index in [0.29, 0.717) is 18.7 Å². The van der Waals surface area contributed by atoms with Crippen LogP contribution in [0.4, 0.5) is 0 Å².